The highest BCUT2D eigenvalue weighted by molar-refractivity contribution is 14.0. The number of ether oxygens (including phenoxy) is 1. The van der Waals surface area contributed by atoms with E-state index in [2.05, 4.69) is 36.7 Å². The number of benzene rings is 1. The van der Waals surface area contributed by atoms with Gasteiger partial charge in [0.2, 0.25) is 0 Å². The first-order valence-corrected chi connectivity index (χ1v) is 9.40. The number of halogens is 2. The van der Waals surface area contributed by atoms with Crippen molar-refractivity contribution < 1.29 is 4.74 Å². The number of guanidine groups is 1. The molecule has 28 heavy (non-hydrogen) atoms. The minimum atomic E-state index is 0. The predicted molar refractivity (Wildman–Crippen MR) is 121 cm³/mol. The molecule has 1 unspecified atom stereocenters. The van der Waals surface area contributed by atoms with Crippen LogP contribution >= 0.6 is 35.6 Å². The number of hydrogen-bond acceptors (Lipinski definition) is 5. The second kappa shape index (κ2) is 11.5. The summed E-state index contributed by atoms with van der Waals surface area (Å²) in [5.74, 6) is 1.57. The SMILES string of the molecule is CN=C(NCc1ncnn1C)NCC(c1cccc(Cl)c1)N1CCOCC1.I. The first-order chi connectivity index (χ1) is 13.2. The molecule has 0 radical (unpaired) electrons. The maximum atomic E-state index is 6.22. The molecule has 154 valence electrons. The molecule has 0 aliphatic carbocycles. The molecule has 3 rings (SSSR count). The Morgan fingerprint density at radius 3 is 2.75 bits per heavy atom. The van der Waals surface area contributed by atoms with Crippen LogP contribution in [0.4, 0.5) is 0 Å². The van der Waals surface area contributed by atoms with Crippen LogP contribution in [-0.2, 0) is 18.3 Å². The summed E-state index contributed by atoms with van der Waals surface area (Å²) >= 11 is 6.22. The molecule has 0 saturated carbocycles. The van der Waals surface area contributed by atoms with E-state index in [9.17, 15) is 0 Å². The van der Waals surface area contributed by atoms with Gasteiger partial charge in [-0.15, -0.1) is 24.0 Å². The van der Waals surface area contributed by atoms with Crippen molar-refractivity contribution in [2.45, 2.75) is 12.6 Å². The number of aromatic nitrogens is 3. The molecule has 1 fully saturated rings. The van der Waals surface area contributed by atoms with Crippen LogP contribution in [0.3, 0.4) is 0 Å². The van der Waals surface area contributed by atoms with Gasteiger partial charge in [-0.1, -0.05) is 23.7 Å². The van der Waals surface area contributed by atoms with Crippen molar-refractivity contribution >= 4 is 41.5 Å². The van der Waals surface area contributed by atoms with Gasteiger partial charge >= 0.3 is 0 Å². The van der Waals surface area contributed by atoms with Crippen molar-refractivity contribution in [3.63, 3.8) is 0 Å². The lowest BCUT2D eigenvalue weighted by molar-refractivity contribution is 0.0170. The Hall–Kier alpha value is -1.43. The average Bonchev–Trinajstić information content (AvgIpc) is 3.10. The van der Waals surface area contributed by atoms with E-state index in [1.165, 1.54) is 5.56 Å². The third-order valence-corrected chi connectivity index (χ3v) is 4.86. The largest absolute Gasteiger partial charge is 0.379 e. The van der Waals surface area contributed by atoms with E-state index in [0.29, 0.717) is 13.1 Å². The first kappa shape index (κ1) is 22.9. The summed E-state index contributed by atoms with van der Waals surface area (Å²) in [6, 6.07) is 8.21. The Kier molecular flexibility index (Phi) is 9.42. The normalized spacial score (nSPS) is 16.3. The van der Waals surface area contributed by atoms with E-state index in [1.54, 1.807) is 18.1 Å². The Morgan fingerprint density at radius 1 is 1.32 bits per heavy atom. The molecule has 1 aliphatic rings. The molecule has 2 N–H and O–H groups in total. The molecule has 8 nitrogen and oxygen atoms in total. The van der Waals surface area contributed by atoms with Crippen LogP contribution < -0.4 is 10.6 Å². The van der Waals surface area contributed by atoms with Crippen LogP contribution in [0.15, 0.2) is 35.6 Å². The number of aryl methyl sites for hydroxylation is 1. The molecule has 0 bridgehead atoms. The lowest BCUT2D eigenvalue weighted by Gasteiger charge is -2.35. The van der Waals surface area contributed by atoms with Gasteiger partial charge in [0.05, 0.1) is 25.8 Å². The molecule has 1 aromatic carbocycles. The Bertz CT molecular complexity index is 764. The van der Waals surface area contributed by atoms with Crippen molar-refractivity contribution in [1.82, 2.24) is 30.3 Å². The van der Waals surface area contributed by atoms with Crippen molar-refractivity contribution in [3.05, 3.63) is 47.0 Å². The zero-order valence-electron chi connectivity index (χ0n) is 16.1. The van der Waals surface area contributed by atoms with Crippen molar-refractivity contribution in [3.8, 4) is 0 Å². The van der Waals surface area contributed by atoms with E-state index in [-0.39, 0.29) is 30.0 Å². The highest BCUT2D eigenvalue weighted by atomic mass is 127. The minimum absolute atomic E-state index is 0. The van der Waals surface area contributed by atoms with Gasteiger partial charge in [0.25, 0.3) is 0 Å². The van der Waals surface area contributed by atoms with E-state index in [4.69, 9.17) is 16.3 Å². The Morgan fingerprint density at radius 2 is 2.11 bits per heavy atom. The van der Waals surface area contributed by atoms with E-state index in [0.717, 1.165) is 43.1 Å². The van der Waals surface area contributed by atoms with Crippen LogP contribution in [0.25, 0.3) is 0 Å². The number of hydrogen-bond donors (Lipinski definition) is 2. The molecule has 0 spiro atoms. The Labute approximate surface area is 187 Å². The summed E-state index contributed by atoms with van der Waals surface area (Å²) in [6.45, 7) is 4.54. The fourth-order valence-electron chi connectivity index (χ4n) is 3.12. The minimum Gasteiger partial charge on any atom is -0.379 e. The van der Waals surface area contributed by atoms with Crippen LogP contribution in [-0.4, -0.2) is 65.5 Å². The third-order valence-electron chi connectivity index (χ3n) is 4.63. The molecule has 10 heteroatoms. The average molecular weight is 520 g/mol. The molecule has 2 heterocycles. The fraction of sp³-hybridized carbons (Fsp3) is 0.500. The maximum Gasteiger partial charge on any atom is 0.191 e. The van der Waals surface area contributed by atoms with Crippen LogP contribution in [0.1, 0.15) is 17.4 Å². The standard InChI is InChI=1S/C18H26ClN7O.HI/c1-20-18(22-12-17-23-13-24-25(17)2)21-11-16(26-6-8-27-9-7-26)14-4-3-5-15(19)10-14;/h3-5,10,13,16H,6-9,11-12H2,1-2H3,(H2,20,21,22);1H. The molecule has 1 aliphatic heterocycles. The van der Waals surface area contributed by atoms with Crippen molar-refractivity contribution in [1.29, 1.82) is 0 Å². The van der Waals surface area contributed by atoms with Crippen molar-refractivity contribution in [2.75, 3.05) is 39.9 Å². The van der Waals surface area contributed by atoms with E-state index >= 15 is 0 Å². The summed E-state index contributed by atoms with van der Waals surface area (Å²) < 4.78 is 7.25. The molecule has 0 amide bonds. The van der Waals surface area contributed by atoms with Gasteiger partial charge in [0.15, 0.2) is 5.96 Å². The lowest BCUT2D eigenvalue weighted by atomic mass is 10.0. The highest BCUT2D eigenvalue weighted by Gasteiger charge is 2.23. The van der Waals surface area contributed by atoms with Gasteiger partial charge < -0.3 is 15.4 Å². The van der Waals surface area contributed by atoms with Gasteiger partial charge in [-0.2, -0.15) is 5.10 Å². The second-order valence-electron chi connectivity index (χ2n) is 6.33. The summed E-state index contributed by atoms with van der Waals surface area (Å²) in [5, 5.41) is 11.5. The fourth-order valence-corrected chi connectivity index (χ4v) is 3.32. The number of nitrogens with zero attached hydrogens (tertiary/aromatic N) is 5. The molecule has 2 aromatic rings. The number of morpholine rings is 1. The van der Waals surface area contributed by atoms with Crippen LogP contribution in [0.2, 0.25) is 5.02 Å². The van der Waals surface area contributed by atoms with Gasteiger partial charge in [-0.05, 0) is 17.7 Å². The number of nitrogens with one attached hydrogen (secondary N) is 2. The van der Waals surface area contributed by atoms with E-state index in [1.807, 2.05) is 25.2 Å². The van der Waals surface area contributed by atoms with E-state index < -0.39 is 0 Å². The van der Waals surface area contributed by atoms with Crippen molar-refractivity contribution in [2.24, 2.45) is 12.0 Å². The zero-order valence-corrected chi connectivity index (χ0v) is 19.2. The predicted octanol–water partition coefficient (Wildman–Crippen LogP) is 1.83. The molecular formula is C18H27ClIN7O. The van der Waals surface area contributed by atoms with Crippen LogP contribution in [0.5, 0.6) is 0 Å². The van der Waals surface area contributed by atoms with Gasteiger partial charge in [0.1, 0.15) is 12.2 Å². The molecule has 1 saturated heterocycles. The quantitative estimate of drug-likeness (QED) is 0.344. The number of rotatable bonds is 6. The Balaban J connectivity index is 0.00000280. The monoisotopic (exact) mass is 519 g/mol. The van der Waals surface area contributed by atoms with Gasteiger partial charge in [0, 0.05) is 38.8 Å². The van der Waals surface area contributed by atoms with Gasteiger partial charge in [-0.3, -0.25) is 14.6 Å². The van der Waals surface area contributed by atoms with Crippen LogP contribution in [0, 0.1) is 0 Å². The zero-order chi connectivity index (χ0) is 19.1. The topological polar surface area (TPSA) is 79.6 Å². The van der Waals surface area contributed by atoms with Gasteiger partial charge in [-0.25, -0.2) is 4.98 Å². The smallest absolute Gasteiger partial charge is 0.191 e. The third kappa shape index (κ3) is 6.29. The highest BCUT2D eigenvalue weighted by Crippen LogP contribution is 2.23. The lowest BCUT2D eigenvalue weighted by Crippen LogP contribution is -2.46. The summed E-state index contributed by atoms with van der Waals surface area (Å²) in [5.41, 5.74) is 1.18. The second-order valence-corrected chi connectivity index (χ2v) is 6.76. The summed E-state index contributed by atoms with van der Waals surface area (Å²) in [7, 11) is 3.63. The molecular weight excluding hydrogens is 493 g/mol. The first-order valence-electron chi connectivity index (χ1n) is 9.02. The maximum absolute atomic E-state index is 6.22. The molecule has 1 aromatic heterocycles. The summed E-state index contributed by atoms with van der Waals surface area (Å²) in [6.07, 6.45) is 1.54. The number of aliphatic imine (C=N–C) groups is 1. The molecule has 1 atom stereocenters. The summed E-state index contributed by atoms with van der Waals surface area (Å²) in [4.78, 5) is 10.9.